The third-order valence-corrected chi connectivity index (χ3v) is 5.02. The van der Waals surface area contributed by atoms with Crippen LogP contribution in [0, 0.1) is 0 Å². The molecule has 0 aliphatic heterocycles. The number of hydrogen-bond acceptors (Lipinski definition) is 4. The maximum Gasteiger partial charge on any atom is 0.0549 e. The van der Waals surface area contributed by atoms with Gasteiger partial charge >= 0.3 is 0 Å². The summed E-state index contributed by atoms with van der Waals surface area (Å²) in [5.74, 6) is 2.78. The van der Waals surface area contributed by atoms with Crippen molar-refractivity contribution in [2.75, 3.05) is 58.4 Å². The van der Waals surface area contributed by atoms with Crippen molar-refractivity contribution in [2.24, 2.45) is 5.14 Å². The van der Waals surface area contributed by atoms with E-state index >= 15 is 0 Å². The first-order chi connectivity index (χ1) is 6.68. The van der Waals surface area contributed by atoms with Crippen LogP contribution in [-0.4, -0.2) is 58.4 Å². The van der Waals surface area contributed by atoms with Crippen LogP contribution >= 0.6 is 10.2 Å². The molecule has 14 heavy (non-hydrogen) atoms. The van der Waals surface area contributed by atoms with Gasteiger partial charge in [-0.2, -0.15) is 10.2 Å². The van der Waals surface area contributed by atoms with E-state index in [1.54, 1.807) is 21.3 Å². The quantitative estimate of drug-likeness (QED) is 0.624. The number of ether oxygens (including phenoxy) is 3. The Morgan fingerprint density at radius 2 is 1.07 bits per heavy atom. The van der Waals surface area contributed by atoms with Crippen molar-refractivity contribution >= 4 is 10.2 Å². The molecule has 0 aromatic heterocycles. The molecule has 0 saturated heterocycles. The minimum absolute atomic E-state index is 0.721. The molecule has 0 aliphatic rings. The minimum atomic E-state index is -1.10. The van der Waals surface area contributed by atoms with Gasteiger partial charge in [0.2, 0.25) is 0 Å². The molecule has 0 saturated carbocycles. The van der Waals surface area contributed by atoms with Crippen LogP contribution in [-0.2, 0) is 14.2 Å². The highest BCUT2D eigenvalue weighted by Crippen LogP contribution is 2.38. The predicted molar refractivity (Wildman–Crippen MR) is 62.0 cm³/mol. The lowest BCUT2D eigenvalue weighted by atomic mass is 10.8. The van der Waals surface area contributed by atoms with Gasteiger partial charge in [-0.1, -0.05) is 0 Å². The van der Waals surface area contributed by atoms with Crippen molar-refractivity contribution in [2.45, 2.75) is 0 Å². The van der Waals surface area contributed by atoms with E-state index in [2.05, 4.69) is 0 Å². The monoisotopic (exact) mass is 225 g/mol. The van der Waals surface area contributed by atoms with Crippen molar-refractivity contribution in [3.8, 4) is 0 Å². The third-order valence-electron chi connectivity index (χ3n) is 2.08. The van der Waals surface area contributed by atoms with E-state index in [1.807, 2.05) is 0 Å². The molecule has 2 N–H and O–H groups in total. The zero-order valence-electron chi connectivity index (χ0n) is 9.45. The van der Waals surface area contributed by atoms with Crippen LogP contribution < -0.4 is 5.14 Å². The van der Waals surface area contributed by atoms with Gasteiger partial charge in [-0.3, -0.25) is 5.14 Å². The second-order valence-corrected chi connectivity index (χ2v) is 6.65. The Balaban J connectivity index is 3.89. The Kier molecular flexibility index (Phi) is 8.61. The van der Waals surface area contributed by atoms with Gasteiger partial charge in [-0.15, -0.1) is 0 Å². The van der Waals surface area contributed by atoms with Crippen LogP contribution in [0.3, 0.4) is 0 Å². The molecule has 5 heteroatoms. The average Bonchev–Trinajstić information content (AvgIpc) is 2.21. The highest BCUT2D eigenvalue weighted by Gasteiger charge is 2.17. The maximum atomic E-state index is 6.30. The standard InChI is InChI=1S/C9H23NO3S/c1-11-4-7-14(10,8-5-12-2)9-6-13-3/h4-10H2,1-3H3. The number of rotatable bonds is 9. The molecule has 0 rings (SSSR count). The van der Waals surface area contributed by atoms with Crippen molar-refractivity contribution in [3.63, 3.8) is 0 Å². The van der Waals surface area contributed by atoms with Gasteiger partial charge in [0.05, 0.1) is 19.8 Å². The highest BCUT2D eigenvalue weighted by atomic mass is 32.3. The van der Waals surface area contributed by atoms with E-state index in [1.165, 1.54) is 0 Å². The molecule has 4 nitrogen and oxygen atoms in total. The third kappa shape index (κ3) is 6.62. The molecule has 0 aliphatic carbocycles. The zero-order chi connectivity index (χ0) is 10.9. The SMILES string of the molecule is COCCS(N)(CCOC)CCOC. The van der Waals surface area contributed by atoms with E-state index in [9.17, 15) is 0 Å². The van der Waals surface area contributed by atoms with E-state index in [4.69, 9.17) is 19.3 Å². The van der Waals surface area contributed by atoms with Crippen LogP contribution in [0.5, 0.6) is 0 Å². The second kappa shape index (κ2) is 8.49. The fraction of sp³-hybridized carbons (Fsp3) is 1.00. The lowest BCUT2D eigenvalue weighted by Crippen LogP contribution is -2.28. The van der Waals surface area contributed by atoms with Crippen molar-refractivity contribution in [1.29, 1.82) is 0 Å². The van der Waals surface area contributed by atoms with Crippen molar-refractivity contribution in [1.82, 2.24) is 0 Å². The zero-order valence-corrected chi connectivity index (χ0v) is 10.3. The van der Waals surface area contributed by atoms with E-state index in [-0.39, 0.29) is 0 Å². The lowest BCUT2D eigenvalue weighted by Gasteiger charge is -2.35. The first-order valence-corrected chi connectivity index (χ1v) is 6.90. The largest absolute Gasteiger partial charge is 0.384 e. The molecular formula is C9H23NO3S. The molecule has 0 aromatic rings. The van der Waals surface area contributed by atoms with Gasteiger partial charge in [0.25, 0.3) is 0 Å². The maximum absolute atomic E-state index is 6.30. The molecule has 0 atom stereocenters. The smallest absolute Gasteiger partial charge is 0.0549 e. The van der Waals surface area contributed by atoms with Crippen molar-refractivity contribution < 1.29 is 14.2 Å². The van der Waals surface area contributed by atoms with Gasteiger partial charge in [0.1, 0.15) is 0 Å². The summed E-state index contributed by atoms with van der Waals surface area (Å²) >= 11 is 0. The molecule has 0 heterocycles. The summed E-state index contributed by atoms with van der Waals surface area (Å²) in [5.41, 5.74) is 0. The molecule has 0 amide bonds. The lowest BCUT2D eigenvalue weighted by molar-refractivity contribution is 0.209. The summed E-state index contributed by atoms with van der Waals surface area (Å²) in [4.78, 5) is 0. The van der Waals surface area contributed by atoms with Crippen LogP contribution in [0.25, 0.3) is 0 Å². The molecular weight excluding hydrogens is 202 g/mol. The normalized spacial score (nSPS) is 13.1. The number of methoxy groups -OCH3 is 3. The molecule has 0 radical (unpaired) electrons. The Labute approximate surface area is 88.5 Å². The van der Waals surface area contributed by atoms with Crippen LogP contribution in [0.4, 0.5) is 0 Å². The Hall–Kier alpha value is 0.190. The molecule has 0 bridgehead atoms. The molecule has 0 aromatic carbocycles. The van der Waals surface area contributed by atoms with Crippen LogP contribution in [0.1, 0.15) is 0 Å². The van der Waals surface area contributed by atoms with Gasteiger partial charge in [0.15, 0.2) is 0 Å². The van der Waals surface area contributed by atoms with Crippen LogP contribution in [0.2, 0.25) is 0 Å². The van der Waals surface area contributed by atoms with Gasteiger partial charge in [0, 0.05) is 38.6 Å². The summed E-state index contributed by atoms with van der Waals surface area (Å²) in [7, 11) is 4.00. The summed E-state index contributed by atoms with van der Waals surface area (Å²) < 4.78 is 15.2. The molecule has 0 unspecified atom stereocenters. The first-order valence-electron chi connectivity index (χ1n) is 4.69. The average molecular weight is 225 g/mol. The molecule has 88 valence electrons. The Morgan fingerprint density at radius 3 is 1.29 bits per heavy atom. The van der Waals surface area contributed by atoms with Gasteiger partial charge in [-0.25, -0.2) is 0 Å². The van der Waals surface area contributed by atoms with Gasteiger partial charge < -0.3 is 14.2 Å². The topological polar surface area (TPSA) is 53.7 Å². The fourth-order valence-electron chi connectivity index (χ4n) is 1.05. The van der Waals surface area contributed by atoms with Crippen LogP contribution in [0.15, 0.2) is 0 Å². The second-order valence-electron chi connectivity index (χ2n) is 3.20. The summed E-state index contributed by atoms with van der Waals surface area (Å²) in [6, 6.07) is 0. The summed E-state index contributed by atoms with van der Waals surface area (Å²) in [6.45, 7) is 2.16. The minimum Gasteiger partial charge on any atom is -0.384 e. The molecule has 0 spiro atoms. The van der Waals surface area contributed by atoms with E-state index in [0.717, 1.165) is 37.1 Å². The van der Waals surface area contributed by atoms with Crippen molar-refractivity contribution in [3.05, 3.63) is 0 Å². The molecule has 0 fully saturated rings. The first kappa shape index (κ1) is 14.2. The summed E-state index contributed by atoms with van der Waals surface area (Å²) in [6.07, 6.45) is 0. The predicted octanol–water partition coefficient (Wildman–Crippen LogP) is 0.604. The van der Waals surface area contributed by atoms with Gasteiger partial charge in [-0.05, 0) is 0 Å². The fourth-order valence-corrected chi connectivity index (χ4v) is 3.16. The van der Waals surface area contributed by atoms with E-state index in [0.29, 0.717) is 0 Å². The Bertz CT molecular complexity index is 113. The Morgan fingerprint density at radius 1 is 0.786 bits per heavy atom. The number of hydrogen-bond donors (Lipinski definition) is 1. The number of nitrogens with two attached hydrogens (primary N) is 1. The highest BCUT2D eigenvalue weighted by molar-refractivity contribution is 8.31. The summed E-state index contributed by atoms with van der Waals surface area (Å²) in [5, 5.41) is 6.30. The van der Waals surface area contributed by atoms with E-state index < -0.39 is 10.2 Å².